The number of fused-ring (bicyclic) bond motifs is 1. The molecule has 0 atom stereocenters. The minimum atomic E-state index is 0.217. The minimum Gasteiger partial charge on any atom is -0.361 e. The van der Waals surface area contributed by atoms with Crippen LogP contribution in [0.2, 0.25) is 0 Å². The summed E-state index contributed by atoms with van der Waals surface area (Å²) in [5, 5.41) is 1.30. The minimum absolute atomic E-state index is 0.217. The molecule has 3 nitrogen and oxygen atoms in total. The maximum Gasteiger partial charge on any atom is 0.230 e. The Bertz CT molecular complexity index is 666. The lowest BCUT2D eigenvalue weighted by Gasteiger charge is -2.13. The van der Waals surface area contributed by atoms with Crippen LogP contribution in [0.15, 0.2) is 36.2 Å². The molecule has 1 amide bonds. The molecule has 2 aromatic rings. The zero-order chi connectivity index (χ0) is 13.4. The van der Waals surface area contributed by atoms with E-state index in [9.17, 15) is 4.79 Å². The fourth-order valence-electron chi connectivity index (χ4n) is 2.80. The number of hydrogen-bond acceptors (Lipinski definition) is 1. The Balaban J connectivity index is 1.81. The highest BCUT2D eigenvalue weighted by molar-refractivity contribution is 5.86. The number of aromatic nitrogens is 1. The van der Waals surface area contributed by atoms with Crippen LogP contribution in [0.4, 0.5) is 0 Å². The number of benzene rings is 1. The Labute approximate surface area is 112 Å². The quantitative estimate of drug-likeness (QED) is 0.897. The van der Waals surface area contributed by atoms with E-state index in [2.05, 4.69) is 36.3 Å². The third-order valence-electron chi connectivity index (χ3n) is 3.74. The van der Waals surface area contributed by atoms with Crippen molar-refractivity contribution >= 4 is 16.8 Å². The monoisotopic (exact) mass is 254 g/mol. The zero-order valence-corrected chi connectivity index (χ0v) is 11.4. The molecule has 0 fully saturated rings. The van der Waals surface area contributed by atoms with Crippen molar-refractivity contribution in [1.29, 1.82) is 0 Å². The Kier molecular flexibility index (Phi) is 2.90. The van der Waals surface area contributed by atoms with E-state index in [4.69, 9.17) is 0 Å². The normalized spacial score (nSPS) is 15.4. The summed E-state index contributed by atoms with van der Waals surface area (Å²) in [6.45, 7) is 4.90. The summed E-state index contributed by atoms with van der Waals surface area (Å²) >= 11 is 0. The maximum atomic E-state index is 11.7. The van der Waals surface area contributed by atoms with E-state index in [1.54, 1.807) is 0 Å². The third-order valence-corrected chi connectivity index (χ3v) is 3.74. The average molecular weight is 254 g/mol. The first-order chi connectivity index (χ1) is 9.15. The Morgan fingerprint density at radius 2 is 2.16 bits per heavy atom. The lowest BCUT2D eigenvalue weighted by atomic mass is 10.1. The van der Waals surface area contributed by atoms with E-state index in [1.165, 1.54) is 22.0 Å². The van der Waals surface area contributed by atoms with Gasteiger partial charge in [-0.15, -0.1) is 0 Å². The molecule has 19 heavy (non-hydrogen) atoms. The molecule has 1 aromatic carbocycles. The summed E-state index contributed by atoms with van der Waals surface area (Å²) in [4.78, 5) is 16.9. The summed E-state index contributed by atoms with van der Waals surface area (Å²) in [5.41, 5.74) is 4.90. The van der Waals surface area contributed by atoms with Crippen molar-refractivity contribution in [3.8, 4) is 0 Å². The van der Waals surface area contributed by atoms with Crippen LogP contribution in [-0.4, -0.2) is 22.3 Å². The van der Waals surface area contributed by atoms with Gasteiger partial charge in [-0.25, -0.2) is 0 Å². The zero-order valence-electron chi connectivity index (χ0n) is 11.4. The van der Waals surface area contributed by atoms with Gasteiger partial charge in [0, 0.05) is 36.3 Å². The third kappa shape index (κ3) is 2.16. The van der Waals surface area contributed by atoms with Crippen LogP contribution in [0.3, 0.4) is 0 Å². The second-order valence-electron chi connectivity index (χ2n) is 5.30. The van der Waals surface area contributed by atoms with Gasteiger partial charge >= 0.3 is 0 Å². The molecule has 1 aromatic heterocycles. The van der Waals surface area contributed by atoms with Crippen LogP contribution in [0, 0.1) is 6.92 Å². The predicted octanol–water partition coefficient (Wildman–Crippen LogP) is 3.15. The molecule has 1 aliphatic rings. The number of carbonyl (C=O) groups is 1. The number of carbonyl (C=O) groups excluding carboxylic acids is 1. The van der Waals surface area contributed by atoms with Crippen LogP contribution in [0.1, 0.15) is 24.5 Å². The van der Waals surface area contributed by atoms with Crippen LogP contribution in [0.25, 0.3) is 10.9 Å². The second-order valence-corrected chi connectivity index (χ2v) is 5.30. The number of amides is 1. The van der Waals surface area contributed by atoms with Crippen molar-refractivity contribution in [2.75, 3.05) is 6.54 Å². The van der Waals surface area contributed by atoms with E-state index < -0.39 is 0 Å². The van der Waals surface area contributed by atoms with Crippen molar-refractivity contribution in [1.82, 2.24) is 9.88 Å². The molecule has 0 saturated carbocycles. The molecule has 0 spiro atoms. The molecule has 98 valence electrons. The molecule has 0 bridgehead atoms. The van der Waals surface area contributed by atoms with Crippen molar-refractivity contribution in [2.24, 2.45) is 0 Å². The summed E-state index contributed by atoms with van der Waals surface area (Å²) < 4.78 is 0. The highest BCUT2D eigenvalue weighted by Crippen LogP contribution is 2.23. The first-order valence-corrected chi connectivity index (χ1v) is 6.67. The predicted molar refractivity (Wildman–Crippen MR) is 76.8 cm³/mol. The molecule has 3 rings (SSSR count). The number of nitrogens with one attached hydrogen (secondary N) is 1. The SMILES string of the molecule is CC1=CN(CCc2c[nH]c3cccc(C)c23)C(=O)C1. The molecule has 1 aliphatic heterocycles. The van der Waals surface area contributed by atoms with Gasteiger partial charge in [0.05, 0.1) is 0 Å². The topological polar surface area (TPSA) is 36.1 Å². The van der Waals surface area contributed by atoms with Crippen LogP contribution >= 0.6 is 0 Å². The lowest BCUT2D eigenvalue weighted by Crippen LogP contribution is -2.23. The number of nitrogens with zero attached hydrogens (tertiary/aromatic N) is 1. The van der Waals surface area contributed by atoms with Gasteiger partial charge < -0.3 is 9.88 Å². The molecule has 0 saturated heterocycles. The molecule has 3 heteroatoms. The van der Waals surface area contributed by atoms with Gasteiger partial charge in [0.1, 0.15) is 0 Å². The Morgan fingerprint density at radius 1 is 1.32 bits per heavy atom. The maximum absolute atomic E-state index is 11.7. The number of rotatable bonds is 3. The molecule has 1 N–H and O–H groups in total. The van der Waals surface area contributed by atoms with Gasteiger partial charge in [-0.05, 0) is 43.0 Å². The average Bonchev–Trinajstić information content (AvgIpc) is 2.91. The fraction of sp³-hybridized carbons (Fsp3) is 0.312. The molecule has 0 aliphatic carbocycles. The van der Waals surface area contributed by atoms with Gasteiger partial charge in [-0.1, -0.05) is 12.1 Å². The first-order valence-electron chi connectivity index (χ1n) is 6.67. The van der Waals surface area contributed by atoms with Crippen LogP contribution in [-0.2, 0) is 11.2 Å². The standard InChI is InChI=1S/C16H18N2O/c1-11-8-15(19)18(10-11)7-6-13-9-17-14-5-3-4-12(2)16(13)14/h3-5,9-10,17H,6-8H2,1-2H3. The van der Waals surface area contributed by atoms with E-state index in [-0.39, 0.29) is 5.91 Å². The van der Waals surface area contributed by atoms with Crippen molar-refractivity contribution in [2.45, 2.75) is 26.7 Å². The largest absolute Gasteiger partial charge is 0.361 e. The summed E-state index contributed by atoms with van der Waals surface area (Å²) in [6, 6.07) is 6.29. The highest BCUT2D eigenvalue weighted by atomic mass is 16.2. The second kappa shape index (κ2) is 4.57. The van der Waals surface area contributed by atoms with E-state index in [0.717, 1.165) is 18.5 Å². The van der Waals surface area contributed by atoms with Gasteiger partial charge in [-0.2, -0.15) is 0 Å². The molecule has 2 heterocycles. The van der Waals surface area contributed by atoms with Gasteiger partial charge in [0.2, 0.25) is 5.91 Å². The van der Waals surface area contributed by atoms with Crippen molar-refractivity contribution in [3.63, 3.8) is 0 Å². The smallest absolute Gasteiger partial charge is 0.230 e. The van der Waals surface area contributed by atoms with Crippen molar-refractivity contribution < 1.29 is 4.79 Å². The number of aryl methyl sites for hydroxylation is 1. The van der Waals surface area contributed by atoms with E-state index in [1.807, 2.05) is 18.0 Å². The van der Waals surface area contributed by atoms with Gasteiger partial charge in [0.15, 0.2) is 0 Å². The summed E-state index contributed by atoms with van der Waals surface area (Å²) in [6.07, 6.45) is 5.51. The summed E-state index contributed by atoms with van der Waals surface area (Å²) in [7, 11) is 0. The fourth-order valence-corrected chi connectivity index (χ4v) is 2.80. The number of H-pyrrole nitrogens is 1. The Morgan fingerprint density at radius 3 is 2.89 bits per heavy atom. The van der Waals surface area contributed by atoms with Crippen LogP contribution in [0.5, 0.6) is 0 Å². The lowest BCUT2D eigenvalue weighted by molar-refractivity contribution is -0.126. The Hall–Kier alpha value is -2.03. The number of hydrogen-bond donors (Lipinski definition) is 1. The highest BCUT2D eigenvalue weighted by Gasteiger charge is 2.19. The molecular formula is C16H18N2O. The summed E-state index contributed by atoms with van der Waals surface area (Å²) in [5.74, 6) is 0.217. The van der Waals surface area contributed by atoms with E-state index >= 15 is 0 Å². The number of aromatic amines is 1. The molecule has 0 radical (unpaired) electrons. The first kappa shape index (κ1) is 12.0. The van der Waals surface area contributed by atoms with Crippen molar-refractivity contribution in [3.05, 3.63) is 47.3 Å². The molecule has 0 unspecified atom stereocenters. The van der Waals surface area contributed by atoms with Crippen LogP contribution < -0.4 is 0 Å². The van der Waals surface area contributed by atoms with Gasteiger partial charge in [0.25, 0.3) is 0 Å². The van der Waals surface area contributed by atoms with Gasteiger partial charge in [-0.3, -0.25) is 4.79 Å². The molecular weight excluding hydrogens is 236 g/mol. The van der Waals surface area contributed by atoms with E-state index in [0.29, 0.717) is 6.42 Å².